The van der Waals surface area contributed by atoms with Gasteiger partial charge < -0.3 is 9.84 Å². The van der Waals surface area contributed by atoms with Crippen molar-refractivity contribution in [3.8, 4) is 0 Å². The Morgan fingerprint density at radius 1 is 1.38 bits per heavy atom. The minimum absolute atomic E-state index is 0.0554. The minimum Gasteiger partial charge on any atom is -0.388 e. The summed E-state index contributed by atoms with van der Waals surface area (Å²) in [7, 11) is 0. The van der Waals surface area contributed by atoms with E-state index in [1.54, 1.807) is 0 Å². The van der Waals surface area contributed by atoms with Crippen LogP contribution in [0.1, 0.15) is 41.0 Å². The Morgan fingerprint density at radius 3 is 2.15 bits per heavy atom. The van der Waals surface area contributed by atoms with Gasteiger partial charge in [0.2, 0.25) is 0 Å². The van der Waals surface area contributed by atoms with Gasteiger partial charge in [-0.1, -0.05) is 27.2 Å². The molecular formula is C11H22O2. The fraction of sp³-hybridized carbons (Fsp3) is 1.00. The fourth-order valence-electron chi connectivity index (χ4n) is 2.10. The third kappa shape index (κ3) is 2.44. The van der Waals surface area contributed by atoms with E-state index in [4.69, 9.17) is 4.74 Å². The zero-order chi connectivity index (χ0) is 10.2. The van der Waals surface area contributed by atoms with Gasteiger partial charge in [0.25, 0.3) is 0 Å². The van der Waals surface area contributed by atoms with E-state index in [1.165, 1.54) is 0 Å². The maximum Gasteiger partial charge on any atom is 0.112 e. The van der Waals surface area contributed by atoms with Gasteiger partial charge in [0.1, 0.15) is 6.10 Å². The summed E-state index contributed by atoms with van der Waals surface area (Å²) in [5.41, 5.74) is -0.674. The highest BCUT2D eigenvalue weighted by Gasteiger charge is 2.52. The zero-order valence-corrected chi connectivity index (χ0v) is 9.37. The molecule has 78 valence electrons. The van der Waals surface area contributed by atoms with Crippen LogP contribution < -0.4 is 0 Å². The maximum atomic E-state index is 9.73. The number of aliphatic hydroxyl groups is 1. The fourth-order valence-corrected chi connectivity index (χ4v) is 2.10. The molecule has 0 radical (unpaired) electrons. The number of ether oxygens (including phenoxy) is 1. The Hall–Kier alpha value is -0.0800. The van der Waals surface area contributed by atoms with Gasteiger partial charge in [-0.3, -0.25) is 0 Å². The summed E-state index contributed by atoms with van der Waals surface area (Å²) in [6.45, 7) is 10.3. The molecule has 1 saturated heterocycles. The van der Waals surface area contributed by atoms with Gasteiger partial charge in [-0.05, 0) is 25.7 Å². The zero-order valence-electron chi connectivity index (χ0n) is 9.37. The summed E-state index contributed by atoms with van der Waals surface area (Å²) in [4.78, 5) is 0. The van der Waals surface area contributed by atoms with Crippen LogP contribution in [0.15, 0.2) is 0 Å². The number of hydrogen-bond donors (Lipinski definition) is 1. The molecular weight excluding hydrogens is 164 g/mol. The summed E-state index contributed by atoms with van der Waals surface area (Å²) >= 11 is 0. The largest absolute Gasteiger partial charge is 0.388 e. The molecule has 1 fully saturated rings. The van der Waals surface area contributed by atoms with Crippen LogP contribution in [0, 0.1) is 11.8 Å². The van der Waals surface area contributed by atoms with Crippen LogP contribution in [0.5, 0.6) is 0 Å². The smallest absolute Gasteiger partial charge is 0.112 e. The molecule has 0 aromatic rings. The van der Waals surface area contributed by atoms with Crippen molar-refractivity contribution in [3.63, 3.8) is 0 Å². The Morgan fingerprint density at radius 2 is 1.92 bits per heavy atom. The molecule has 1 N–H and O–H groups in total. The average Bonchev–Trinajstić information content (AvgIpc) is 2.66. The number of rotatable bonds is 4. The molecule has 0 unspecified atom stereocenters. The lowest BCUT2D eigenvalue weighted by Crippen LogP contribution is -2.31. The molecule has 0 aliphatic carbocycles. The highest BCUT2D eigenvalue weighted by molar-refractivity contribution is 5.00. The Labute approximate surface area is 81.3 Å². The molecule has 0 aromatic heterocycles. The average molecular weight is 186 g/mol. The van der Waals surface area contributed by atoms with E-state index in [0.717, 1.165) is 6.42 Å². The molecule has 0 amide bonds. The molecule has 0 aromatic carbocycles. The predicted octanol–water partition coefficient (Wildman–Crippen LogP) is 2.21. The first kappa shape index (κ1) is 11.0. The number of hydrogen-bond acceptors (Lipinski definition) is 2. The van der Waals surface area contributed by atoms with E-state index in [9.17, 15) is 5.11 Å². The van der Waals surface area contributed by atoms with Crippen molar-refractivity contribution in [2.75, 3.05) is 0 Å². The van der Waals surface area contributed by atoms with Crippen LogP contribution in [0.2, 0.25) is 0 Å². The first-order valence-electron chi connectivity index (χ1n) is 5.25. The van der Waals surface area contributed by atoms with Crippen LogP contribution in [0.25, 0.3) is 0 Å². The van der Waals surface area contributed by atoms with Gasteiger partial charge in [0.05, 0.1) is 11.7 Å². The van der Waals surface area contributed by atoms with Crippen molar-refractivity contribution in [1.82, 2.24) is 0 Å². The van der Waals surface area contributed by atoms with Crippen molar-refractivity contribution >= 4 is 0 Å². The molecule has 2 nitrogen and oxygen atoms in total. The van der Waals surface area contributed by atoms with Gasteiger partial charge in [0, 0.05) is 0 Å². The highest BCUT2D eigenvalue weighted by Crippen LogP contribution is 2.41. The Balaban J connectivity index is 2.49. The Kier molecular flexibility index (Phi) is 3.03. The number of epoxide rings is 1. The molecule has 3 atom stereocenters. The van der Waals surface area contributed by atoms with Crippen molar-refractivity contribution in [2.24, 2.45) is 11.8 Å². The SMILES string of the molecule is CC[C@@H](C(C)C)[C@H]1O[C@@H]1C(C)(C)O. The molecule has 1 aliphatic heterocycles. The monoisotopic (exact) mass is 186 g/mol. The second kappa shape index (κ2) is 3.58. The maximum absolute atomic E-state index is 9.73. The molecule has 1 rings (SSSR count). The van der Waals surface area contributed by atoms with Crippen molar-refractivity contribution in [2.45, 2.75) is 58.8 Å². The van der Waals surface area contributed by atoms with E-state index in [1.807, 2.05) is 13.8 Å². The minimum atomic E-state index is -0.674. The highest BCUT2D eigenvalue weighted by atomic mass is 16.6. The molecule has 0 bridgehead atoms. The van der Waals surface area contributed by atoms with Gasteiger partial charge in [-0.2, -0.15) is 0 Å². The molecule has 0 spiro atoms. The molecule has 13 heavy (non-hydrogen) atoms. The molecule has 2 heteroatoms. The van der Waals surface area contributed by atoms with Crippen LogP contribution in [-0.4, -0.2) is 22.9 Å². The third-order valence-corrected chi connectivity index (χ3v) is 2.97. The van der Waals surface area contributed by atoms with Gasteiger partial charge in [0.15, 0.2) is 0 Å². The summed E-state index contributed by atoms with van der Waals surface area (Å²) in [6, 6.07) is 0. The summed E-state index contributed by atoms with van der Waals surface area (Å²) < 4.78 is 5.55. The van der Waals surface area contributed by atoms with E-state index < -0.39 is 5.60 Å². The first-order valence-corrected chi connectivity index (χ1v) is 5.25. The summed E-state index contributed by atoms with van der Waals surface area (Å²) in [5, 5.41) is 9.73. The van der Waals surface area contributed by atoms with Crippen molar-refractivity contribution in [3.05, 3.63) is 0 Å². The molecule has 1 aliphatic rings. The lowest BCUT2D eigenvalue weighted by atomic mass is 9.86. The van der Waals surface area contributed by atoms with Crippen LogP contribution in [-0.2, 0) is 4.74 Å². The van der Waals surface area contributed by atoms with Crippen molar-refractivity contribution < 1.29 is 9.84 Å². The van der Waals surface area contributed by atoms with Gasteiger partial charge in [-0.25, -0.2) is 0 Å². The molecule has 0 saturated carbocycles. The Bertz CT molecular complexity index is 169. The lowest BCUT2D eigenvalue weighted by molar-refractivity contribution is 0.0482. The van der Waals surface area contributed by atoms with E-state index >= 15 is 0 Å². The second-order valence-electron chi connectivity index (χ2n) is 4.99. The topological polar surface area (TPSA) is 32.8 Å². The summed E-state index contributed by atoms with van der Waals surface area (Å²) in [6.07, 6.45) is 1.47. The second-order valence-corrected chi connectivity index (χ2v) is 4.99. The third-order valence-electron chi connectivity index (χ3n) is 2.97. The predicted molar refractivity (Wildman–Crippen MR) is 53.6 cm³/mol. The standard InChI is InChI=1S/C11H22O2/c1-6-8(7(2)3)9-10(13-9)11(4,5)12/h7-10,12H,6H2,1-5H3/t8-,9+,10-/m0/s1. The van der Waals surface area contributed by atoms with Crippen LogP contribution >= 0.6 is 0 Å². The quantitative estimate of drug-likeness (QED) is 0.683. The molecule has 1 heterocycles. The van der Waals surface area contributed by atoms with Crippen LogP contribution in [0.4, 0.5) is 0 Å². The van der Waals surface area contributed by atoms with E-state index in [-0.39, 0.29) is 12.2 Å². The van der Waals surface area contributed by atoms with Crippen LogP contribution in [0.3, 0.4) is 0 Å². The first-order chi connectivity index (χ1) is 5.88. The van der Waals surface area contributed by atoms with E-state index in [2.05, 4.69) is 20.8 Å². The van der Waals surface area contributed by atoms with E-state index in [0.29, 0.717) is 11.8 Å². The normalized spacial score (nSPS) is 30.7. The summed E-state index contributed by atoms with van der Waals surface area (Å²) in [5.74, 6) is 1.23. The van der Waals surface area contributed by atoms with Gasteiger partial charge in [-0.15, -0.1) is 0 Å². The lowest BCUT2D eigenvalue weighted by Gasteiger charge is -2.19. The van der Waals surface area contributed by atoms with Crippen molar-refractivity contribution in [1.29, 1.82) is 0 Å². The van der Waals surface area contributed by atoms with Gasteiger partial charge >= 0.3 is 0 Å².